The van der Waals surface area contributed by atoms with E-state index in [2.05, 4.69) is 20.4 Å². The van der Waals surface area contributed by atoms with Gasteiger partial charge in [-0.15, -0.1) is 0 Å². The van der Waals surface area contributed by atoms with Crippen molar-refractivity contribution in [1.82, 2.24) is 15.1 Å². The van der Waals surface area contributed by atoms with Crippen LogP contribution in [0.25, 0.3) is 0 Å². The molecule has 0 saturated carbocycles. The van der Waals surface area contributed by atoms with Gasteiger partial charge in [0, 0.05) is 65.0 Å². The van der Waals surface area contributed by atoms with Crippen LogP contribution in [0, 0.1) is 11.8 Å². The lowest BCUT2D eigenvalue weighted by atomic mass is 9.75. The molecule has 0 spiro atoms. The number of hydrogen-bond acceptors (Lipinski definition) is 4. The number of hydrogen-bond donors (Lipinski definition) is 3. The number of methoxy groups -OCH3 is 1. The molecule has 4 N–H and O–H groups in total. The van der Waals surface area contributed by atoms with Gasteiger partial charge in [-0.3, -0.25) is 9.69 Å². The van der Waals surface area contributed by atoms with E-state index in [1.54, 1.807) is 12.0 Å². The van der Waals surface area contributed by atoms with Gasteiger partial charge in [0.2, 0.25) is 5.91 Å². The number of nitrogens with one attached hydrogen (secondary N) is 2. The highest BCUT2D eigenvalue weighted by molar-refractivity contribution is 5.77. The van der Waals surface area contributed by atoms with Crippen molar-refractivity contribution in [2.24, 2.45) is 11.8 Å². The average molecular weight is 396 g/mol. The maximum absolute atomic E-state index is 11.7. The van der Waals surface area contributed by atoms with Gasteiger partial charge in [0.05, 0.1) is 26.2 Å². The monoisotopic (exact) mass is 395 g/mol. The summed E-state index contributed by atoms with van der Waals surface area (Å²) in [5, 5.41) is 5.64. The van der Waals surface area contributed by atoms with E-state index in [-0.39, 0.29) is 12.5 Å². The Morgan fingerprint density at radius 3 is 2.75 bits per heavy atom. The maximum Gasteiger partial charge on any atom is 0.246 e. The molecule has 5 aliphatic rings. The van der Waals surface area contributed by atoms with E-state index in [9.17, 15) is 4.79 Å². The van der Waals surface area contributed by atoms with E-state index in [0.717, 1.165) is 24.5 Å². The van der Waals surface area contributed by atoms with Gasteiger partial charge in [-0.25, -0.2) is 0 Å². The molecule has 5 heterocycles. The number of rotatable bonds is 7. The summed E-state index contributed by atoms with van der Waals surface area (Å²) in [5.74, 6) is 1.73. The van der Waals surface area contributed by atoms with Crippen LogP contribution >= 0.6 is 0 Å². The van der Waals surface area contributed by atoms with E-state index < -0.39 is 0 Å². The van der Waals surface area contributed by atoms with E-state index in [1.807, 2.05) is 0 Å². The van der Waals surface area contributed by atoms with E-state index in [1.165, 1.54) is 84.5 Å². The normalized spacial score (nSPS) is 37.1. The minimum absolute atomic E-state index is 0.0224. The van der Waals surface area contributed by atoms with Crippen LogP contribution in [0.1, 0.15) is 32.1 Å². The fourth-order valence-corrected chi connectivity index (χ4v) is 6.15. The van der Waals surface area contributed by atoms with E-state index in [0.29, 0.717) is 6.04 Å². The summed E-state index contributed by atoms with van der Waals surface area (Å²) in [6, 6.07) is 0.606. The zero-order valence-corrected chi connectivity index (χ0v) is 17.7. The van der Waals surface area contributed by atoms with Crippen LogP contribution in [0.15, 0.2) is 0 Å². The zero-order valence-electron chi connectivity index (χ0n) is 17.7. The first-order valence-corrected chi connectivity index (χ1v) is 11.6. The summed E-state index contributed by atoms with van der Waals surface area (Å²) in [6.45, 7) is 11.2. The minimum atomic E-state index is 0.0224. The molecular formula is C21H41N5O2+2. The second-order valence-corrected chi connectivity index (χ2v) is 9.52. The number of piperidine rings is 4. The topological polar surface area (TPSA) is 65.9 Å². The Bertz CT molecular complexity index is 505. The molecule has 0 aliphatic carbocycles. The van der Waals surface area contributed by atoms with Gasteiger partial charge in [0.15, 0.2) is 0 Å². The maximum atomic E-state index is 11.7. The number of piperazine rings is 1. The highest BCUT2D eigenvalue weighted by atomic mass is 16.5. The highest BCUT2D eigenvalue weighted by Gasteiger charge is 2.44. The predicted octanol–water partition coefficient (Wildman–Crippen LogP) is -2.27. The molecule has 7 heteroatoms. The molecule has 5 fully saturated rings. The van der Waals surface area contributed by atoms with Crippen molar-refractivity contribution in [2.45, 2.75) is 44.3 Å². The van der Waals surface area contributed by atoms with Crippen molar-refractivity contribution in [2.75, 3.05) is 72.6 Å². The molecule has 160 valence electrons. The van der Waals surface area contributed by atoms with Crippen molar-refractivity contribution in [1.29, 1.82) is 0 Å². The summed E-state index contributed by atoms with van der Waals surface area (Å²) in [4.78, 5) is 18.9. The number of nitrogens with zero attached hydrogens (tertiary/aromatic N) is 2. The summed E-state index contributed by atoms with van der Waals surface area (Å²) in [5.41, 5.74) is 0. The highest BCUT2D eigenvalue weighted by Crippen LogP contribution is 2.28. The first kappa shape index (κ1) is 20.5. The van der Waals surface area contributed by atoms with Gasteiger partial charge in [0.25, 0.3) is 0 Å². The van der Waals surface area contributed by atoms with Gasteiger partial charge in [-0.1, -0.05) is 0 Å². The molecule has 0 aromatic rings. The fourth-order valence-electron chi connectivity index (χ4n) is 6.15. The summed E-state index contributed by atoms with van der Waals surface area (Å²) in [7, 11) is 1.58. The third-order valence-electron chi connectivity index (χ3n) is 7.77. The number of nitrogens with two attached hydrogens (primary N) is 1. The second-order valence-electron chi connectivity index (χ2n) is 9.52. The average Bonchev–Trinajstić information content (AvgIpc) is 2.74. The number of amides is 1. The Balaban J connectivity index is 1.19. The Morgan fingerprint density at radius 1 is 1.21 bits per heavy atom. The van der Waals surface area contributed by atoms with Crippen molar-refractivity contribution in [3.05, 3.63) is 0 Å². The Hall–Kier alpha value is -0.730. The molecule has 0 aromatic heterocycles. The van der Waals surface area contributed by atoms with Crippen LogP contribution in [-0.4, -0.2) is 101 Å². The van der Waals surface area contributed by atoms with Crippen LogP contribution in [0.4, 0.5) is 0 Å². The minimum Gasteiger partial charge on any atom is -0.375 e. The van der Waals surface area contributed by atoms with Crippen LogP contribution in [0.5, 0.6) is 0 Å². The molecule has 7 nitrogen and oxygen atoms in total. The number of quaternary nitrogens is 2. The third-order valence-corrected chi connectivity index (χ3v) is 7.77. The molecule has 5 saturated heterocycles. The molecule has 0 aromatic carbocycles. The van der Waals surface area contributed by atoms with Crippen LogP contribution < -0.4 is 15.5 Å². The Morgan fingerprint density at radius 2 is 2.07 bits per heavy atom. The molecule has 5 rings (SSSR count). The zero-order chi connectivity index (χ0) is 19.3. The summed E-state index contributed by atoms with van der Waals surface area (Å²) in [6.07, 6.45) is 7.60. The quantitative estimate of drug-likeness (QED) is 0.455. The van der Waals surface area contributed by atoms with Crippen LogP contribution in [0.2, 0.25) is 0 Å². The Kier molecular flexibility index (Phi) is 7.22. The molecule has 5 atom stereocenters. The second kappa shape index (κ2) is 9.85. The third kappa shape index (κ3) is 5.05. The van der Waals surface area contributed by atoms with Gasteiger partial charge in [-0.05, 0) is 18.8 Å². The Labute approximate surface area is 170 Å². The number of carbonyl (C=O) groups is 1. The molecule has 5 aliphatic heterocycles. The van der Waals surface area contributed by atoms with E-state index in [4.69, 9.17) is 4.74 Å². The van der Waals surface area contributed by atoms with Crippen LogP contribution in [0.3, 0.4) is 0 Å². The van der Waals surface area contributed by atoms with Gasteiger partial charge in [0.1, 0.15) is 18.8 Å². The predicted molar refractivity (Wildman–Crippen MR) is 108 cm³/mol. The van der Waals surface area contributed by atoms with Gasteiger partial charge < -0.3 is 25.2 Å². The van der Waals surface area contributed by atoms with Crippen LogP contribution in [-0.2, 0) is 9.53 Å². The molecule has 28 heavy (non-hydrogen) atoms. The number of carbonyl (C=O) groups excluding carboxylic acids is 1. The molecule has 2 bridgehead atoms. The lowest BCUT2D eigenvalue weighted by Gasteiger charge is -2.48. The summed E-state index contributed by atoms with van der Waals surface area (Å²) < 4.78 is 4.92. The molecule has 2 unspecified atom stereocenters. The standard InChI is InChI=1S/C21H39N5O2/c1-28-16-21(27)23-13-19-12-17-5-7-26(19)15-18(17)14-24-8-10-25(11-9-24)20-4-2-3-6-22-20/h17-20,22H,2-16H2,1H3,(H,23,27)/p+2/t17-,18+,19+,20?/m1/s1. The first-order chi connectivity index (χ1) is 13.7. The van der Waals surface area contributed by atoms with Gasteiger partial charge >= 0.3 is 0 Å². The SMILES string of the molecule is COCC(=O)NC[C@@H]1C[C@H]2CC[NH+]1C[C@@H]2CN1CCN(C2CCCC[NH2+]2)CC1. The first-order valence-electron chi connectivity index (χ1n) is 11.6. The van der Waals surface area contributed by atoms with Crippen molar-refractivity contribution >= 4 is 5.91 Å². The smallest absolute Gasteiger partial charge is 0.246 e. The van der Waals surface area contributed by atoms with E-state index >= 15 is 0 Å². The number of ether oxygens (including phenoxy) is 1. The van der Waals surface area contributed by atoms with Crippen molar-refractivity contribution in [3.8, 4) is 0 Å². The molecule has 0 radical (unpaired) electrons. The van der Waals surface area contributed by atoms with Gasteiger partial charge in [-0.2, -0.15) is 0 Å². The van der Waals surface area contributed by atoms with Crippen molar-refractivity contribution in [3.63, 3.8) is 0 Å². The molecular weight excluding hydrogens is 354 g/mol. The number of fused-ring (bicyclic) bond motifs is 3. The van der Waals surface area contributed by atoms with Crippen molar-refractivity contribution < 1.29 is 19.7 Å². The lowest BCUT2D eigenvalue weighted by molar-refractivity contribution is -0.945. The summed E-state index contributed by atoms with van der Waals surface area (Å²) >= 11 is 0. The largest absolute Gasteiger partial charge is 0.375 e. The lowest BCUT2D eigenvalue weighted by Crippen LogP contribution is -3.20. The fraction of sp³-hybridized carbons (Fsp3) is 0.952. The molecule has 1 amide bonds.